The molecule has 4 N–H and O–H groups in total. The second-order valence-electron chi connectivity index (χ2n) is 5.29. The third kappa shape index (κ3) is 7.57. The maximum atomic E-state index is 11.5. The number of hydrogen-bond donors (Lipinski definition) is 6. The second-order valence-corrected chi connectivity index (χ2v) is 7.05. The van der Waals surface area contributed by atoms with Crippen molar-refractivity contribution < 1.29 is 30.0 Å². The largest absolute Gasteiger partial charge is 0.478 e. The molecule has 0 saturated carbocycles. The van der Waals surface area contributed by atoms with Crippen molar-refractivity contribution in [1.29, 1.82) is 0 Å². The van der Waals surface area contributed by atoms with E-state index in [4.69, 9.17) is 15.3 Å². The first-order valence-corrected chi connectivity index (χ1v) is 8.38. The van der Waals surface area contributed by atoms with Gasteiger partial charge in [-0.05, 0) is 30.0 Å². The average molecular weight is 376 g/mol. The fraction of sp³-hybridized carbons (Fsp3) is 0.500. The summed E-state index contributed by atoms with van der Waals surface area (Å²) in [6.07, 6.45) is 0.987. The summed E-state index contributed by atoms with van der Waals surface area (Å²) in [7, 11) is 0. The van der Waals surface area contributed by atoms with Crippen molar-refractivity contribution in [1.82, 2.24) is 0 Å². The zero-order valence-corrected chi connectivity index (χ0v) is 15.4. The Morgan fingerprint density at radius 3 is 1.79 bits per heavy atom. The molecule has 0 heterocycles. The van der Waals surface area contributed by atoms with Gasteiger partial charge in [-0.3, -0.25) is 0 Å². The van der Waals surface area contributed by atoms with Crippen LogP contribution >= 0.6 is 25.3 Å². The Hall–Kier alpha value is -1.22. The molecular formula is C16H24O6S2. The fourth-order valence-electron chi connectivity index (χ4n) is 2.15. The van der Waals surface area contributed by atoms with Gasteiger partial charge in [-0.1, -0.05) is 19.9 Å². The maximum absolute atomic E-state index is 11.5. The van der Waals surface area contributed by atoms with E-state index in [1.165, 1.54) is 6.07 Å². The van der Waals surface area contributed by atoms with E-state index in [-0.39, 0.29) is 34.8 Å². The van der Waals surface area contributed by atoms with E-state index in [2.05, 4.69) is 25.3 Å². The van der Waals surface area contributed by atoms with Crippen molar-refractivity contribution >= 4 is 37.2 Å². The molecule has 2 unspecified atom stereocenters. The summed E-state index contributed by atoms with van der Waals surface area (Å²) < 4.78 is 0. The number of rotatable bonds is 7. The standard InChI is InChI=1S/C14H18O4S2.C2H6O2/c1-7(19)5-9-3-4-10(13(15)16)12(14(17)18)11(9)6-8(2)20;3-1-2-4/h3-4,7-8,19-20H,5-6H2,1-2H3,(H,15,16)(H,17,18);3-4H,1-2H2. The highest BCUT2D eigenvalue weighted by Gasteiger charge is 2.23. The van der Waals surface area contributed by atoms with Crippen LogP contribution in [-0.4, -0.2) is 56.1 Å². The number of aromatic carboxylic acids is 2. The van der Waals surface area contributed by atoms with Gasteiger partial charge in [-0.25, -0.2) is 9.59 Å². The summed E-state index contributed by atoms with van der Waals surface area (Å²) in [5.41, 5.74) is 1.04. The maximum Gasteiger partial charge on any atom is 0.336 e. The van der Waals surface area contributed by atoms with Crippen molar-refractivity contribution in [2.24, 2.45) is 0 Å². The Kier molecular flexibility index (Phi) is 10.8. The molecule has 6 nitrogen and oxygen atoms in total. The summed E-state index contributed by atoms with van der Waals surface area (Å²) in [5, 5.41) is 33.8. The first-order chi connectivity index (χ1) is 11.1. The van der Waals surface area contributed by atoms with Gasteiger partial charge in [-0.15, -0.1) is 0 Å². The SMILES string of the molecule is CC(S)Cc1ccc(C(=O)O)c(C(=O)O)c1CC(C)S.OCCO. The van der Waals surface area contributed by atoms with Crippen LogP contribution in [0, 0.1) is 0 Å². The molecule has 0 spiro atoms. The van der Waals surface area contributed by atoms with E-state index in [1.54, 1.807) is 6.07 Å². The second kappa shape index (κ2) is 11.4. The summed E-state index contributed by atoms with van der Waals surface area (Å²) >= 11 is 8.61. The number of thiol groups is 2. The molecule has 2 atom stereocenters. The Morgan fingerprint density at radius 2 is 1.46 bits per heavy atom. The number of aliphatic hydroxyl groups is 2. The average Bonchev–Trinajstić information content (AvgIpc) is 2.47. The lowest BCUT2D eigenvalue weighted by Crippen LogP contribution is -2.17. The molecule has 0 bridgehead atoms. The van der Waals surface area contributed by atoms with Gasteiger partial charge in [0.15, 0.2) is 0 Å². The van der Waals surface area contributed by atoms with Crippen LogP contribution < -0.4 is 0 Å². The monoisotopic (exact) mass is 376 g/mol. The number of carboxylic acids is 2. The molecule has 0 radical (unpaired) electrons. The van der Waals surface area contributed by atoms with Crippen LogP contribution in [0.5, 0.6) is 0 Å². The molecule has 136 valence electrons. The minimum absolute atomic E-state index is 0.0568. The topological polar surface area (TPSA) is 115 Å². The summed E-state index contributed by atoms with van der Waals surface area (Å²) in [6.45, 7) is 3.50. The van der Waals surface area contributed by atoms with Crippen LogP contribution in [0.4, 0.5) is 0 Å². The van der Waals surface area contributed by atoms with E-state index in [0.29, 0.717) is 18.4 Å². The molecule has 0 amide bonds. The third-order valence-corrected chi connectivity index (χ3v) is 3.33. The first-order valence-electron chi connectivity index (χ1n) is 7.34. The van der Waals surface area contributed by atoms with Gasteiger partial charge in [0, 0.05) is 10.5 Å². The van der Waals surface area contributed by atoms with E-state index in [1.807, 2.05) is 13.8 Å². The molecule has 1 aromatic carbocycles. The van der Waals surface area contributed by atoms with Gasteiger partial charge in [0.1, 0.15) is 0 Å². The molecule has 0 aliphatic rings. The van der Waals surface area contributed by atoms with Crippen LogP contribution in [0.15, 0.2) is 12.1 Å². The number of carboxylic acid groups (broad SMARTS) is 2. The quantitative estimate of drug-likeness (QED) is 0.404. The minimum Gasteiger partial charge on any atom is -0.478 e. The number of aliphatic hydroxyl groups excluding tert-OH is 2. The van der Waals surface area contributed by atoms with Crippen LogP contribution in [-0.2, 0) is 12.8 Å². The zero-order chi connectivity index (χ0) is 18.9. The van der Waals surface area contributed by atoms with Crippen LogP contribution in [0.2, 0.25) is 0 Å². The molecule has 8 heteroatoms. The predicted octanol–water partition coefficient (Wildman–Crippen LogP) is 1.78. The highest BCUT2D eigenvalue weighted by atomic mass is 32.1. The van der Waals surface area contributed by atoms with Gasteiger partial charge in [-0.2, -0.15) is 25.3 Å². The minimum atomic E-state index is -1.24. The molecular weight excluding hydrogens is 352 g/mol. The Morgan fingerprint density at radius 1 is 0.958 bits per heavy atom. The molecule has 1 rings (SSSR count). The molecule has 0 aliphatic heterocycles. The highest BCUT2D eigenvalue weighted by molar-refractivity contribution is 7.81. The lowest BCUT2D eigenvalue weighted by molar-refractivity contribution is 0.0650. The molecule has 0 aromatic heterocycles. The Bertz CT molecular complexity index is 556. The van der Waals surface area contributed by atoms with E-state index in [9.17, 15) is 14.7 Å². The van der Waals surface area contributed by atoms with Crippen molar-refractivity contribution in [2.45, 2.75) is 37.2 Å². The normalized spacial score (nSPS) is 12.8. The molecule has 0 saturated heterocycles. The molecule has 0 aliphatic carbocycles. The summed E-state index contributed by atoms with van der Waals surface area (Å²) in [4.78, 5) is 22.7. The highest BCUT2D eigenvalue weighted by Crippen LogP contribution is 2.25. The molecule has 1 aromatic rings. The van der Waals surface area contributed by atoms with Gasteiger partial charge in [0.2, 0.25) is 0 Å². The number of benzene rings is 1. The van der Waals surface area contributed by atoms with Crippen molar-refractivity contribution in [2.75, 3.05) is 13.2 Å². The van der Waals surface area contributed by atoms with Gasteiger partial charge >= 0.3 is 11.9 Å². The first kappa shape index (κ1) is 22.8. The smallest absolute Gasteiger partial charge is 0.336 e. The summed E-state index contributed by atoms with van der Waals surface area (Å²) in [6, 6.07) is 3.03. The van der Waals surface area contributed by atoms with Crippen molar-refractivity contribution in [3.8, 4) is 0 Å². The van der Waals surface area contributed by atoms with Crippen LogP contribution in [0.3, 0.4) is 0 Å². The van der Waals surface area contributed by atoms with Gasteiger partial charge < -0.3 is 20.4 Å². The summed E-state index contributed by atoms with van der Waals surface area (Å²) in [5.74, 6) is -2.46. The van der Waals surface area contributed by atoms with Gasteiger partial charge in [0.25, 0.3) is 0 Å². The predicted molar refractivity (Wildman–Crippen MR) is 98.8 cm³/mol. The van der Waals surface area contributed by atoms with E-state index >= 15 is 0 Å². The Labute approximate surface area is 152 Å². The van der Waals surface area contributed by atoms with E-state index < -0.39 is 11.9 Å². The van der Waals surface area contributed by atoms with Crippen LogP contribution in [0.25, 0.3) is 0 Å². The molecule has 0 fully saturated rings. The number of hydrogen-bond acceptors (Lipinski definition) is 6. The van der Waals surface area contributed by atoms with Crippen molar-refractivity contribution in [3.63, 3.8) is 0 Å². The Balaban J connectivity index is 0.00000118. The third-order valence-electron chi connectivity index (χ3n) is 2.97. The lowest BCUT2D eigenvalue weighted by atomic mass is 9.90. The number of carbonyl (C=O) groups is 2. The molecule has 24 heavy (non-hydrogen) atoms. The van der Waals surface area contributed by atoms with E-state index in [0.717, 1.165) is 5.56 Å². The fourth-order valence-corrected chi connectivity index (χ4v) is 2.53. The van der Waals surface area contributed by atoms with Gasteiger partial charge in [0.05, 0.1) is 24.3 Å². The lowest BCUT2D eigenvalue weighted by Gasteiger charge is -2.17. The van der Waals surface area contributed by atoms with Crippen LogP contribution in [0.1, 0.15) is 45.7 Å². The zero-order valence-electron chi connectivity index (χ0n) is 13.6. The van der Waals surface area contributed by atoms with Crippen molar-refractivity contribution in [3.05, 3.63) is 34.4 Å².